The summed E-state index contributed by atoms with van der Waals surface area (Å²) in [5, 5.41) is 10.1. The van der Waals surface area contributed by atoms with E-state index in [-0.39, 0.29) is 12.8 Å². The third-order valence-corrected chi connectivity index (χ3v) is 4.78. The standard InChI is InChI=1S/C15H17F3O/c16-15(17,18)10-4-3-7-14(8-10)9-13(19)11-5-1-2-6-12(11)14/h1-2,5-6,10,13,19H,3-4,7-9H2/t10?,13?,14-/m1/s1. The molecule has 0 amide bonds. The first-order valence-electron chi connectivity index (χ1n) is 6.77. The molecule has 2 aliphatic rings. The van der Waals surface area contributed by atoms with Crippen LogP contribution < -0.4 is 0 Å². The predicted octanol–water partition coefficient (Wildman–Crippen LogP) is 4.11. The Balaban J connectivity index is 1.97. The summed E-state index contributed by atoms with van der Waals surface area (Å²) in [5.74, 6) is -1.22. The average Bonchev–Trinajstić information content (AvgIpc) is 2.63. The molecule has 1 aromatic rings. The Hall–Kier alpha value is -1.03. The van der Waals surface area contributed by atoms with Crippen LogP contribution in [0.1, 0.15) is 49.3 Å². The first-order valence-corrected chi connectivity index (χ1v) is 6.77. The van der Waals surface area contributed by atoms with Crippen molar-refractivity contribution in [3.05, 3.63) is 35.4 Å². The van der Waals surface area contributed by atoms with Crippen LogP contribution in [-0.2, 0) is 5.41 Å². The number of halogens is 3. The maximum Gasteiger partial charge on any atom is 0.391 e. The van der Waals surface area contributed by atoms with Gasteiger partial charge >= 0.3 is 6.18 Å². The van der Waals surface area contributed by atoms with Crippen molar-refractivity contribution in [2.75, 3.05) is 0 Å². The van der Waals surface area contributed by atoms with Crippen molar-refractivity contribution in [3.8, 4) is 0 Å². The molecule has 1 fully saturated rings. The van der Waals surface area contributed by atoms with E-state index in [0.717, 1.165) is 17.5 Å². The number of hydrogen-bond donors (Lipinski definition) is 1. The van der Waals surface area contributed by atoms with Gasteiger partial charge in [-0.3, -0.25) is 0 Å². The molecule has 0 radical (unpaired) electrons. The zero-order valence-electron chi connectivity index (χ0n) is 10.6. The Morgan fingerprint density at radius 2 is 1.89 bits per heavy atom. The first kappa shape index (κ1) is 13.0. The van der Waals surface area contributed by atoms with Gasteiger partial charge in [0, 0.05) is 0 Å². The molecule has 1 nitrogen and oxygen atoms in total. The summed E-state index contributed by atoms with van der Waals surface area (Å²) in [5.41, 5.74) is 1.30. The minimum atomic E-state index is -4.12. The zero-order valence-corrected chi connectivity index (χ0v) is 10.6. The quantitative estimate of drug-likeness (QED) is 0.752. The molecule has 3 atom stereocenters. The maximum absolute atomic E-state index is 13.0. The van der Waals surface area contributed by atoms with E-state index < -0.39 is 23.6 Å². The molecule has 0 bridgehead atoms. The van der Waals surface area contributed by atoms with Gasteiger partial charge < -0.3 is 5.11 Å². The van der Waals surface area contributed by atoms with Crippen molar-refractivity contribution in [3.63, 3.8) is 0 Å². The van der Waals surface area contributed by atoms with E-state index in [4.69, 9.17) is 0 Å². The summed E-state index contributed by atoms with van der Waals surface area (Å²) in [6, 6.07) is 7.43. The fourth-order valence-corrected chi connectivity index (χ4v) is 3.93. The van der Waals surface area contributed by atoms with E-state index in [0.29, 0.717) is 12.8 Å². The minimum Gasteiger partial charge on any atom is -0.388 e. The van der Waals surface area contributed by atoms with Crippen LogP contribution in [0.2, 0.25) is 0 Å². The fraction of sp³-hybridized carbons (Fsp3) is 0.600. The van der Waals surface area contributed by atoms with Gasteiger partial charge in [-0.2, -0.15) is 13.2 Å². The van der Waals surface area contributed by atoms with Gasteiger partial charge in [-0.1, -0.05) is 30.7 Å². The number of fused-ring (bicyclic) bond motifs is 2. The molecule has 104 valence electrons. The third kappa shape index (κ3) is 2.06. The van der Waals surface area contributed by atoms with Crippen LogP contribution >= 0.6 is 0 Å². The van der Waals surface area contributed by atoms with E-state index in [2.05, 4.69) is 0 Å². The highest BCUT2D eigenvalue weighted by molar-refractivity contribution is 5.41. The highest BCUT2D eigenvalue weighted by atomic mass is 19.4. The van der Waals surface area contributed by atoms with E-state index in [1.54, 1.807) is 0 Å². The smallest absolute Gasteiger partial charge is 0.388 e. The lowest BCUT2D eigenvalue weighted by Crippen LogP contribution is -2.37. The molecule has 1 spiro atoms. The van der Waals surface area contributed by atoms with Crippen LogP contribution in [-0.4, -0.2) is 11.3 Å². The van der Waals surface area contributed by atoms with Crippen LogP contribution in [0.15, 0.2) is 24.3 Å². The van der Waals surface area contributed by atoms with Crippen LogP contribution in [0, 0.1) is 5.92 Å². The molecular formula is C15H17F3O. The fourth-order valence-electron chi connectivity index (χ4n) is 3.93. The number of alkyl halides is 3. The second kappa shape index (κ2) is 4.23. The van der Waals surface area contributed by atoms with Gasteiger partial charge in [0.2, 0.25) is 0 Å². The minimum absolute atomic E-state index is 0.130. The molecule has 0 aliphatic heterocycles. The lowest BCUT2D eigenvalue weighted by Gasteiger charge is -2.39. The average molecular weight is 270 g/mol. The predicted molar refractivity (Wildman–Crippen MR) is 65.7 cm³/mol. The van der Waals surface area contributed by atoms with Gasteiger partial charge in [0.15, 0.2) is 0 Å². The van der Waals surface area contributed by atoms with Gasteiger partial charge in [0.05, 0.1) is 12.0 Å². The van der Waals surface area contributed by atoms with Gasteiger partial charge in [0.25, 0.3) is 0 Å². The Bertz CT molecular complexity index is 483. The van der Waals surface area contributed by atoms with Gasteiger partial charge in [-0.05, 0) is 42.2 Å². The van der Waals surface area contributed by atoms with Crippen LogP contribution in [0.5, 0.6) is 0 Å². The highest BCUT2D eigenvalue weighted by Crippen LogP contribution is 2.56. The molecular weight excluding hydrogens is 253 g/mol. The van der Waals surface area contributed by atoms with Gasteiger partial charge in [-0.25, -0.2) is 0 Å². The monoisotopic (exact) mass is 270 g/mol. The SMILES string of the molecule is OC1C[C@]2(CCCC(C(F)(F)F)C2)c2ccccc21. The molecule has 19 heavy (non-hydrogen) atoms. The number of aliphatic hydroxyl groups is 1. The summed E-state index contributed by atoms with van der Waals surface area (Å²) < 4.78 is 39.0. The van der Waals surface area contributed by atoms with Gasteiger partial charge in [0.1, 0.15) is 0 Å². The molecule has 2 aliphatic carbocycles. The van der Waals surface area contributed by atoms with E-state index in [1.807, 2.05) is 24.3 Å². The van der Waals surface area contributed by atoms with Crippen LogP contribution in [0.4, 0.5) is 13.2 Å². The van der Waals surface area contributed by atoms with E-state index >= 15 is 0 Å². The Labute approximate surface area is 110 Å². The zero-order chi connectivity index (χ0) is 13.7. The maximum atomic E-state index is 13.0. The largest absolute Gasteiger partial charge is 0.391 e. The second-order valence-corrected chi connectivity index (χ2v) is 5.92. The first-order chi connectivity index (χ1) is 8.92. The number of hydrogen-bond acceptors (Lipinski definition) is 1. The van der Waals surface area contributed by atoms with Crippen molar-refractivity contribution in [1.82, 2.24) is 0 Å². The summed E-state index contributed by atoms with van der Waals surface area (Å²) in [4.78, 5) is 0. The van der Waals surface area contributed by atoms with Crippen LogP contribution in [0.25, 0.3) is 0 Å². The van der Waals surface area contributed by atoms with E-state index in [1.165, 1.54) is 0 Å². The molecule has 1 N–H and O–H groups in total. The molecule has 0 aromatic heterocycles. The van der Waals surface area contributed by atoms with E-state index in [9.17, 15) is 18.3 Å². The Morgan fingerprint density at radius 1 is 1.16 bits per heavy atom. The highest BCUT2D eigenvalue weighted by Gasteiger charge is 2.51. The molecule has 0 heterocycles. The summed E-state index contributed by atoms with van der Waals surface area (Å²) in [6.07, 6.45) is -2.58. The van der Waals surface area contributed by atoms with Crippen molar-refractivity contribution in [2.24, 2.45) is 5.92 Å². The number of rotatable bonds is 0. The van der Waals surface area contributed by atoms with Crippen LogP contribution in [0.3, 0.4) is 0 Å². The molecule has 1 aromatic carbocycles. The number of benzene rings is 1. The molecule has 0 saturated heterocycles. The normalized spacial score (nSPS) is 34.5. The van der Waals surface area contributed by atoms with Crippen molar-refractivity contribution in [2.45, 2.75) is 49.8 Å². The number of aliphatic hydroxyl groups excluding tert-OH is 1. The summed E-state index contributed by atoms with van der Waals surface area (Å²) in [6.45, 7) is 0. The summed E-state index contributed by atoms with van der Waals surface area (Å²) >= 11 is 0. The Kier molecular flexibility index (Phi) is 2.89. The molecule has 1 saturated carbocycles. The topological polar surface area (TPSA) is 20.2 Å². The third-order valence-electron chi connectivity index (χ3n) is 4.78. The molecule has 2 unspecified atom stereocenters. The second-order valence-electron chi connectivity index (χ2n) is 5.92. The van der Waals surface area contributed by atoms with Crippen molar-refractivity contribution in [1.29, 1.82) is 0 Å². The van der Waals surface area contributed by atoms with Crippen molar-refractivity contribution >= 4 is 0 Å². The molecule has 4 heteroatoms. The van der Waals surface area contributed by atoms with Crippen molar-refractivity contribution < 1.29 is 18.3 Å². The lowest BCUT2D eigenvalue weighted by molar-refractivity contribution is -0.188. The van der Waals surface area contributed by atoms with Gasteiger partial charge in [-0.15, -0.1) is 0 Å². The summed E-state index contributed by atoms with van der Waals surface area (Å²) in [7, 11) is 0. The molecule has 3 rings (SSSR count). The Morgan fingerprint density at radius 3 is 2.63 bits per heavy atom. The lowest BCUT2D eigenvalue weighted by atomic mass is 9.66.